The quantitative estimate of drug-likeness (QED) is 0.192. The molecular formula is C33H30N2. The minimum Gasteiger partial charge on any atom is -0.292 e. The summed E-state index contributed by atoms with van der Waals surface area (Å²) < 4.78 is 2.33. The van der Waals surface area contributed by atoms with E-state index < -0.39 is 0 Å². The van der Waals surface area contributed by atoms with E-state index >= 15 is 0 Å². The monoisotopic (exact) mass is 454 g/mol. The third-order valence-corrected chi connectivity index (χ3v) is 6.45. The van der Waals surface area contributed by atoms with Crippen LogP contribution in [0.15, 0.2) is 109 Å². The van der Waals surface area contributed by atoms with Gasteiger partial charge in [0.05, 0.1) is 16.6 Å². The van der Waals surface area contributed by atoms with Gasteiger partial charge in [-0.05, 0) is 65.8 Å². The van der Waals surface area contributed by atoms with E-state index in [0.717, 1.165) is 16.7 Å². The van der Waals surface area contributed by atoms with E-state index in [-0.39, 0.29) is 0 Å². The maximum Gasteiger partial charge on any atom is 0.146 e. The Morgan fingerprint density at radius 2 is 1.43 bits per heavy atom. The standard InChI is InChI=1S/C31H24N2.C2H6/c1-3-10-21(4-2)24-16-18-26-25-17-15-23(22-11-6-5-7-12-22)19-27(25)31-32-28-13-8-9-14-29(28)33(31)30(26)20-24;1-2/h3-20H,1-2H3;1-2H3/b10-3-,21-4+;. The first kappa shape index (κ1) is 22.6. The number of rotatable bonds is 3. The van der Waals surface area contributed by atoms with Crippen molar-refractivity contribution in [2.45, 2.75) is 27.7 Å². The topological polar surface area (TPSA) is 17.3 Å². The van der Waals surface area contributed by atoms with E-state index in [4.69, 9.17) is 4.98 Å². The zero-order valence-electron chi connectivity index (χ0n) is 20.8. The van der Waals surface area contributed by atoms with Gasteiger partial charge in [0, 0.05) is 10.8 Å². The molecule has 0 spiro atoms. The number of para-hydroxylation sites is 2. The van der Waals surface area contributed by atoms with Crippen LogP contribution in [0.3, 0.4) is 0 Å². The van der Waals surface area contributed by atoms with Crippen LogP contribution in [-0.2, 0) is 0 Å². The summed E-state index contributed by atoms with van der Waals surface area (Å²) in [6.45, 7) is 8.15. The highest BCUT2D eigenvalue weighted by molar-refractivity contribution is 6.15. The molecule has 2 aromatic heterocycles. The first-order valence-corrected chi connectivity index (χ1v) is 12.4. The number of imidazole rings is 1. The summed E-state index contributed by atoms with van der Waals surface area (Å²) in [5.74, 6) is 0. The van der Waals surface area contributed by atoms with Gasteiger partial charge in [-0.2, -0.15) is 0 Å². The van der Waals surface area contributed by atoms with Gasteiger partial charge in [-0.3, -0.25) is 4.40 Å². The lowest BCUT2D eigenvalue weighted by atomic mass is 9.97. The van der Waals surface area contributed by atoms with Crippen LogP contribution in [0.2, 0.25) is 0 Å². The molecule has 0 saturated heterocycles. The molecule has 0 saturated carbocycles. The number of aromatic nitrogens is 2. The first-order valence-electron chi connectivity index (χ1n) is 12.4. The van der Waals surface area contributed by atoms with Crippen LogP contribution >= 0.6 is 0 Å². The molecule has 0 aliphatic carbocycles. The Balaban J connectivity index is 0.00000124. The van der Waals surface area contributed by atoms with Crippen LogP contribution in [0.5, 0.6) is 0 Å². The van der Waals surface area contributed by atoms with Crippen LogP contribution in [0.4, 0.5) is 0 Å². The number of hydrogen-bond donors (Lipinski definition) is 0. The molecule has 4 aromatic carbocycles. The fraction of sp³-hybridized carbons (Fsp3) is 0.121. The summed E-state index contributed by atoms with van der Waals surface area (Å²) in [5, 5.41) is 3.64. The SMILES string of the molecule is C/C=C\C(=C/C)c1ccc2c3ccc(-c4ccccc4)cc3c3nc4ccccc4n3c2c1.CC. The van der Waals surface area contributed by atoms with Crippen LogP contribution in [0, 0.1) is 0 Å². The third kappa shape index (κ3) is 3.81. The second kappa shape index (κ2) is 9.60. The molecule has 6 rings (SSSR count). The molecule has 6 aromatic rings. The Kier molecular flexibility index (Phi) is 6.20. The van der Waals surface area contributed by atoms with E-state index in [1.54, 1.807) is 0 Å². The van der Waals surface area contributed by atoms with Crippen LogP contribution in [0.25, 0.3) is 55.1 Å². The maximum absolute atomic E-state index is 5.09. The molecule has 0 radical (unpaired) electrons. The third-order valence-electron chi connectivity index (χ3n) is 6.45. The zero-order chi connectivity index (χ0) is 24.4. The number of fused-ring (bicyclic) bond motifs is 8. The number of nitrogens with zero attached hydrogens (tertiary/aromatic N) is 2. The Labute approximate surface area is 206 Å². The van der Waals surface area contributed by atoms with Gasteiger partial charge >= 0.3 is 0 Å². The number of hydrogen-bond acceptors (Lipinski definition) is 1. The van der Waals surface area contributed by atoms with Gasteiger partial charge in [-0.1, -0.05) is 98.8 Å². The van der Waals surface area contributed by atoms with Crippen molar-refractivity contribution >= 4 is 43.9 Å². The van der Waals surface area contributed by atoms with Gasteiger partial charge in [0.15, 0.2) is 0 Å². The van der Waals surface area contributed by atoms with Crippen molar-refractivity contribution in [1.29, 1.82) is 0 Å². The predicted octanol–water partition coefficient (Wildman–Crippen LogP) is 9.47. The summed E-state index contributed by atoms with van der Waals surface area (Å²) in [5.41, 5.74) is 9.18. The number of pyridine rings is 1. The van der Waals surface area contributed by atoms with Crippen LogP contribution < -0.4 is 0 Å². The van der Waals surface area contributed by atoms with Crippen molar-refractivity contribution in [3.63, 3.8) is 0 Å². The summed E-state index contributed by atoms with van der Waals surface area (Å²) in [4.78, 5) is 5.09. The Hall–Kier alpha value is -4.17. The van der Waals surface area contributed by atoms with Gasteiger partial charge in [0.1, 0.15) is 5.65 Å². The molecular weight excluding hydrogens is 424 g/mol. The molecule has 2 nitrogen and oxygen atoms in total. The fourth-order valence-electron chi connectivity index (χ4n) is 4.89. The molecule has 2 heteroatoms. The van der Waals surface area contributed by atoms with Crippen molar-refractivity contribution in [3.05, 3.63) is 115 Å². The number of allylic oxidation sites excluding steroid dienone is 4. The smallest absolute Gasteiger partial charge is 0.146 e. The summed E-state index contributed by atoms with van der Waals surface area (Å²) >= 11 is 0. The van der Waals surface area contributed by atoms with Crippen molar-refractivity contribution in [3.8, 4) is 11.1 Å². The molecule has 0 amide bonds. The van der Waals surface area contributed by atoms with E-state index in [9.17, 15) is 0 Å². The van der Waals surface area contributed by atoms with Crippen molar-refractivity contribution in [1.82, 2.24) is 9.38 Å². The Morgan fingerprint density at radius 3 is 2.20 bits per heavy atom. The van der Waals surface area contributed by atoms with E-state index in [2.05, 4.69) is 127 Å². The molecule has 0 N–H and O–H groups in total. The average Bonchev–Trinajstić information content (AvgIpc) is 3.33. The lowest BCUT2D eigenvalue weighted by Gasteiger charge is -2.13. The largest absolute Gasteiger partial charge is 0.292 e. The van der Waals surface area contributed by atoms with Gasteiger partial charge in [-0.15, -0.1) is 0 Å². The minimum absolute atomic E-state index is 1.00. The van der Waals surface area contributed by atoms with Gasteiger partial charge in [-0.25, -0.2) is 4.98 Å². The summed E-state index contributed by atoms with van der Waals surface area (Å²) in [6.07, 6.45) is 6.42. The van der Waals surface area contributed by atoms with Gasteiger partial charge in [0.2, 0.25) is 0 Å². The normalized spacial score (nSPS) is 12.1. The highest BCUT2D eigenvalue weighted by Crippen LogP contribution is 2.36. The van der Waals surface area contributed by atoms with E-state index in [1.165, 1.54) is 43.9 Å². The highest BCUT2D eigenvalue weighted by atomic mass is 15.0. The molecule has 0 aliphatic rings. The van der Waals surface area contributed by atoms with Gasteiger partial charge in [0.25, 0.3) is 0 Å². The van der Waals surface area contributed by atoms with E-state index in [1.807, 2.05) is 13.8 Å². The molecule has 0 aliphatic heterocycles. The predicted molar refractivity (Wildman–Crippen MR) is 153 cm³/mol. The van der Waals surface area contributed by atoms with Crippen LogP contribution in [-0.4, -0.2) is 9.38 Å². The van der Waals surface area contributed by atoms with Crippen LogP contribution in [0.1, 0.15) is 33.3 Å². The lowest BCUT2D eigenvalue weighted by molar-refractivity contribution is 1.31. The number of benzene rings is 4. The lowest BCUT2D eigenvalue weighted by Crippen LogP contribution is -1.94. The molecule has 0 bridgehead atoms. The van der Waals surface area contributed by atoms with Crippen molar-refractivity contribution in [2.75, 3.05) is 0 Å². The molecule has 35 heavy (non-hydrogen) atoms. The van der Waals surface area contributed by atoms with Crippen molar-refractivity contribution < 1.29 is 0 Å². The minimum atomic E-state index is 1.00. The van der Waals surface area contributed by atoms with Crippen molar-refractivity contribution in [2.24, 2.45) is 0 Å². The second-order valence-corrected chi connectivity index (χ2v) is 8.36. The van der Waals surface area contributed by atoms with E-state index in [0.29, 0.717) is 0 Å². The molecule has 2 heterocycles. The maximum atomic E-state index is 5.09. The summed E-state index contributed by atoms with van der Waals surface area (Å²) in [7, 11) is 0. The molecule has 0 unspecified atom stereocenters. The Morgan fingerprint density at radius 1 is 0.686 bits per heavy atom. The molecule has 0 atom stereocenters. The average molecular weight is 455 g/mol. The Bertz CT molecular complexity index is 1720. The highest BCUT2D eigenvalue weighted by Gasteiger charge is 2.15. The first-order chi connectivity index (χ1) is 17.3. The summed E-state index contributed by atoms with van der Waals surface area (Å²) in [6, 6.07) is 32.5. The second-order valence-electron chi connectivity index (χ2n) is 8.36. The molecule has 0 fully saturated rings. The zero-order valence-corrected chi connectivity index (χ0v) is 20.8. The molecule has 172 valence electrons. The fourth-order valence-corrected chi connectivity index (χ4v) is 4.89. The van der Waals surface area contributed by atoms with Gasteiger partial charge < -0.3 is 0 Å².